The quantitative estimate of drug-likeness (QED) is 0.513. The molecule has 0 heterocycles. The number of ether oxygens (including phenoxy) is 1. The lowest BCUT2D eigenvalue weighted by molar-refractivity contribution is -0.140. The molecule has 0 rings (SSSR count). The van der Waals surface area contributed by atoms with E-state index in [0.29, 0.717) is 5.57 Å². The summed E-state index contributed by atoms with van der Waals surface area (Å²) in [7, 11) is 0. The Bertz CT molecular complexity index is 182. The Morgan fingerprint density at radius 3 is 2.42 bits per heavy atom. The highest BCUT2D eigenvalue weighted by molar-refractivity contribution is 5.88. The molecular weight excluding hydrogens is 156 g/mol. The van der Waals surface area contributed by atoms with Crippen LogP contribution in [0.3, 0.4) is 0 Å². The second kappa shape index (κ2) is 5.77. The van der Waals surface area contributed by atoms with Gasteiger partial charge in [-0.1, -0.05) is 12.5 Å². The summed E-state index contributed by atoms with van der Waals surface area (Å²) in [5.74, 6) is -0.330. The fraction of sp³-hybridized carbons (Fsp3) is 0.667. The first-order chi connectivity index (χ1) is 5.63. The van der Waals surface area contributed by atoms with Crippen LogP contribution < -0.4 is 0 Å². The minimum atomic E-state index is -0.330. The van der Waals surface area contributed by atoms with E-state index in [9.17, 15) is 4.79 Å². The Balaban J connectivity index is 4.09. The van der Waals surface area contributed by atoms with Gasteiger partial charge in [0.05, 0.1) is 6.61 Å². The number of allylic oxidation sites excluding steroid dienone is 1. The summed E-state index contributed by atoms with van der Waals surface area (Å²) in [6, 6.07) is 0. The lowest BCUT2D eigenvalue weighted by Crippen LogP contribution is -2.10. The molecule has 0 radical (unpaired) electrons. The summed E-state index contributed by atoms with van der Waals surface area (Å²) in [5.41, 5.74) is 1.67. The zero-order valence-electron chi connectivity index (χ0n) is 7.89. The van der Waals surface area contributed by atoms with Gasteiger partial charge in [0.1, 0.15) is 6.61 Å². The largest absolute Gasteiger partial charge is 0.460 e. The van der Waals surface area contributed by atoms with Crippen molar-refractivity contribution in [2.24, 2.45) is 0 Å². The first kappa shape index (κ1) is 11.2. The van der Waals surface area contributed by atoms with Gasteiger partial charge in [0.25, 0.3) is 0 Å². The lowest BCUT2D eigenvalue weighted by atomic mass is 10.1. The second-order valence-electron chi connectivity index (χ2n) is 2.62. The van der Waals surface area contributed by atoms with Gasteiger partial charge >= 0.3 is 5.97 Å². The van der Waals surface area contributed by atoms with Gasteiger partial charge in [0.15, 0.2) is 0 Å². The maximum absolute atomic E-state index is 11.1. The third-order valence-corrected chi connectivity index (χ3v) is 1.80. The normalized spacial score (nSPS) is 12.3. The molecule has 70 valence electrons. The maximum atomic E-state index is 11.1. The Morgan fingerprint density at radius 1 is 1.42 bits per heavy atom. The average molecular weight is 172 g/mol. The third kappa shape index (κ3) is 3.53. The molecule has 3 nitrogen and oxygen atoms in total. The maximum Gasteiger partial charge on any atom is 0.333 e. The van der Waals surface area contributed by atoms with Gasteiger partial charge in [-0.3, -0.25) is 0 Å². The zero-order valence-corrected chi connectivity index (χ0v) is 7.89. The van der Waals surface area contributed by atoms with Crippen LogP contribution in [0.5, 0.6) is 0 Å². The molecule has 3 heteroatoms. The predicted octanol–water partition coefficient (Wildman–Crippen LogP) is 1.27. The number of hydrogen-bond acceptors (Lipinski definition) is 3. The molecule has 0 fully saturated rings. The predicted molar refractivity (Wildman–Crippen MR) is 46.7 cm³/mol. The van der Waals surface area contributed by atoms with E-state index >= 15 is 0 Å². The monoisotopic (exact) mass is 172 g/mol. The van der Waals surface area contributed by atoms with Gasteiger partial charge in [-0.2, -0.15) is 0 Å². The molecule has 0 aromatic rings. The first-order valence-electron chi connectivity index (χ1n) is 4.07. The molecule has 0 aromatic carbocycles. The van der Waals surface area contributed by atoms with Crippen LogP contribution in [0, 0.1) is 0 Å². The molecule has 0 aromatic heterocycles. The summed E-state index contributed by atoms with van der Waals surface area (Å²) < 4.78 is 4.73. The van der Waals surface area contributed by atoms with Crippen LogP contribution in [-0.4, -0.2) is 24.3 Å². The van der Waals surface area contributed by atoms with E-state index in [1.165, 1.54) is 0 Å². The van der Waals surface area contributed by atoms with E-state index in [1.54, 1.807) is 6.92 Å². The number of hydrogen-bond donors (Lipinski definition) is 1. The van der Waals surface area contributed by atoms with Crippen molar-refractivity contribution in [2.75, 3.05) is 13.2 Å². The Labute approximate surface area is 73.0 Å². The third-order valence-electron chi connectivity index (χ3n) is 1.80. The summed E-state index contributed by atoms with van der Waals surface area (Å²) in [6.07, 6.45) is 0.847. The highest BCUT2D eigenvalue weighted by Gasteiger charge is 2.07. The molecule has 0 aliphatic heterocycles. The number of esters is 1. The molecular formula is C9H16O3. The van der Waals surface area contributed by atoms with E-state index in [2.05, 4.69) is 0 Å². The van der Waals surface area contributed by atoms with Crippen molar-refractivity contribution in [3.8, 4) is 0 Å². The number of aliphatic hydroxyl groups excluding tert-OH is 1. The molecule has 0 bridgehead atoms. The van der Waals surface area contributed by atoms with Crippen molar-refractivity contribution in [3.63, 3.8) is 0 Å². The smallest absolute Gasteiger partial charge is 0.333 e. The van der Waals surface area contributed by atoms with Gasteiger partial charge in [0.2, 0.25) is 0 Å². The van der Waals surface area contributed by atoms with Crippen LogP contribution >= 0.6 is 0 Å². The Hall–Kier alpha value is -0.830. The summed E-state index contributed by atoms with van der Waals surface area (Å²) in [6.45, 7) is 5.57. The fourth-order valence-electron chi connectivity index (χ4n) is 0.686. The van der Waals surface area contributed by atoms with Crippen LogP contribution in [0.15, 0.2) is 11.1 Å². The van der Waals surface area contributed by atoms with Crippen molar-refractivity contribution in [3.05, 3.63) is 11.1 Å². The van der Waals surface area contributed by atoms with Crippen molar-refractivity contribution in [1.29, 1.82) is 0 Å². The van der Waals surface area contributed by atoms with Gasteiger partial charge in [-0.15, -0.1) is 0 Å². The molecule has 0 aliphatic carbocycles. The number of aliphatic hydroxyl groups is 1. The standard InChI is InChI=1S/C9H16O3/c1-4-7(2)8(3)9(11)12-6-5-10/h10H,4-6H2,1-3H3. The first-order valence-corrected chi connectivity index (χ1v) is 4.07. The summed E-state index contributed by atoms with van der Waals surface area (Å²) >= 11 is 0. The lowest BCUT2D eigenvalue weighted by Gasteiger charge is -2.05. The summed E-state index contributed by atoms with van der Waals surface area (Å²) in [4.78, 5) is 11.1. The topological polar surface area (TPSA) is 46.5 Å². The van der Waals surface area contributed by atoms with E-state index in [-0.39, 0.29) is 19.2 Å². The number of carbonyl (C=O) groups is 1. The molecule has 12 heavy (non-hydrogen) atoms. The molecule has 0 unspecified atom stereocenters. The van der Waals surface area contributed by atoms with Crippen LogP contribution in [0.1, 0.15) is 27.2 Å². The van der Waals surface area contributed by atoms with Crippen LogP contribution in [0.4, 0.5) is 0 Å². The number of rotatable bonds is 4. The fourth-order valence-corrected chi connectivity index (χ4v) is 0.686. The highest BCUT2D eigenvalue weighted by atomic mass is 16.5. The Kier molecular flexibility index (Phi) is 5.37. The van der Waals surface area contributed by atoms with Crippen LogP contribution in [-0.2, 0) is 9.53 Å². The molecule has 0 spiro atoms. The number of carbonyl (C=O) groups excluding carboxylic acids is 1. The van der Waals surface area contributed by atoms with Crippen molar-refractivity contribution in [1.82, 2.24) is 0 Å². The second-order valence-corrected chi connectivity index (χ2v) is 2.62. The average Bonchev–Trinajstić information content (AvgIpc) is 2.11. The molecule has 1 N–H and O–H groups in total. The highest BCUT2D eigenvalue weighted by Crippen LogP contribution is 2.08. The molecule has 0 amide bonds. The van der Waals surface area contributed by atoms with Gasteiger partial charge < -0.3 is 9.84 Å². The zero-order chi connectivity index (χ0) is 9.56. The van der Waals surface area contributed by atoms with Crippen molar-refractivity contribution >= 4 is 5.97 Å². The van der Waals surface area contributed by atoms with Gasteiger partial charge in [-0.25, -0.2) is 4.79 Å². The van der Waals surface area contributed by atoms with Crippen molar-refractivity contribution in [2.45, 2.75) is 27.2 Å². The SMILES string of the molecule is CCC(C)=C(C)C(=O)OCCO. The molecule has 0 aliphatic rings. The molecule has 0 saturated carbocycles. The van der Waals surface area contributed by atoms with E-state index < -0.39 is 0 Å². The van der Waals surface area contributed by atoms with Gasteiger partial charge in [-0.05, 0) is 20.3 Å². The minimum Gasteiger partial charge on any atom is -0.460 e. The molecule has 0 atom stereocenters. The molecule has 0 saturated heterocycles. The van der Waals surface area contributed by atoms with Crippen LogP contribution in [0.2, 0.25) is 0 Å². The minimum absolute atomic E-state index is 0.0766. The Morgan fingerprint density at radius 2 is 2.00 bits per heavy atom. The van der Waals surface area contributed by atoms with Crippen molar-refractivity contribution < 1.29 is 14.6 Å². The van der Waals surface area contributed by atoms with E-state index in [0.717, 1.165) is 12.0 Å². The summed E-state index contributed by atoms with van der Waals surface area (Å²) in [5, 5.41) is 8.40. The van der Waals surface area contributed by atoms with Gasteiger partial charge in [0, 0.05) is 5.57 Å². The van der Waals surface area contributed by atoms with Crippen LogP contribution in [0.25, 0.3) is 0 Å². The van der Waals surface area contributed by atoms with E-state index in [4.69, 9.17) is 9.84 Å². The van der Waals surface area contributed by atoms with E-state index in [1.807, 2.05) is 13.8 Å².